The first-order valence-electron chi connectivity index (χ1n) is 6.74. The highest BCUT2D eigenvalue weighted by Crippen LogP contribution is 2.30. The van der Waals surface area contributed by atoms with E-state index in [0.29, 0.717) is 0 Å². The number of benzene rings is 1. The van der Waals surface area contributed by atoms with Crippen LogP contribution in [0.25, 0.3) is 0 Å². The molecule has 7 heteroatoms. The number of nitrogens with one attached hydrogen (secondary N) is 2. The van der Waals surface area contributed by atoms with Gasteiger partial charge in [-0.2, -0.15) is 13.2 Å². The number of hydrogen-bond donors (Lipinski definition) is 2. The third-order valence-corrected chi connectivity index (χ3v) is 3.03. The molecule has 1 aromatic rings. The lowest BCUT2D eigenvalue weighted by Crippen LogP contribution is -2.47. The molecule has 0 unspecified atom stereocenters. The molecule has 0 spiro atoms. The van der Waals surface area contributed by atoms with Gasteiger partial charge in [-0.15, -0.1) is 0 Å². The number of halogens is 3. The molecule has 0 aromatic heterocycles. The molecule has 0 heterocycles. The van der Waals surface area contributed by atoms with Crippen molar-refractivity contribution in [3.05, 3.63) is 29.8 Å². The van der Waals surface area contributed by atoms with E-state index in [1.165, 1.54) is 13.8 Å². The Bertz CT molecular complexity index is 549. The van der Waals surface area contributed by atoms with Crippen molar-refractivity contribution in [2.24, 2.45) is 5.41 Å². The van der Waals surface area contributed by atoms with E-state index < -0.39 is 29.0 Å². The Kier molecular flexibility index (Phi) is 5.22. The van der Waals surface area contributed by atoms with Crippen LogP contribution in [0.2, 0.25) is 0 Å². The maximum atomic E-state index is 12.5. The lowest BCUT2D eigenvalue weighted by atomic mass is 9.90. The Hall–Kier alpha value is -2.05. The quantitative estimate of drug-likeness (QED) is 0.838. The normalized spacial score (nSPS) is 12.2. The molecule has 1 rings (SSSR count). The largest absolute Gasteiger partial charge is 0.416 e. The standard InChI is InChI=1S/C15H19F3N2O2/c1-9(2)19-12(21)14(3,4)13(22)20-11-7-5-10(6-8-11)15(16,17)18/h5-9H,1-4H3,(H,19,21)(H,20,22). The molecule has 0 bridgehead atoms. The molecule has 0 atom stereocenters. The summed E-state index contributed by atoms with van der Waals surface area (Å²) in [4.78, 5) is 24.1. The molecular formula is C15H19F3N2O2. The Morgan fingerprint density at radius 1 is 1.00 bits per heavy atom. The number of carbonyl (C=O) groups excluding carboxylic acids is 2. The summed E-state index contributed by atoms with van der Waals surface area (Å²) in [6.07, 6.45) is -4.43. The van der Waals surface area contributed by atoms with E-state index in [1.54, 1.807) is 13.8 Å². The van der Waals surface area contributed by atoms with Gasteiger partial charge in [-0.05, 0) is 52.0 Å². The van der Waals surface area contributed by atoms with E-state index in [9.17, 15) is 22.8 Å². The number of alkyl halides is 3. The first kappa shape index (κ1) is 18.0. The number of carbonyl (C=O) groups is 2. The van der Waals surface area contributed by atoms with Crippen molar-refractivity contribution in [2.45, 2.75) is 39.9 Å². The second-order valence-electron chi connectivity index (χ2n) is 5.78. The van der Waals surface area contributed by atoms with Gasteiger partial charge in [0.1, 0.15) is 5.41 Å². The van der Waals surface area contributed by atoms with Crippen LogP contribution >= 0.6 is 0 Å². The van der Waals surface area contributed by atoms with E-state index >= 15 is 0 Å². The van der Waals surface area contributed by atoms with Crippen molar-refractivity contribution in [3.63, 3.8) is 0 Å². The van der Waals surface area contributed by atoms with Crippen LogP contribution in [-0.2, 0) is 15.8 Å². The van der Waals surface area contributed by atoms with Crippen LogP contribution in [0.1, 0.15) is 33.3 Å². The van der Waals surface area contributed by atoms with E-state index in [-0.39, 0.29) is 11.7 Å². The molecule has 2 amide bonds. The lowest BCUT2D eigenvalue weighted by Gasteiger charge is -2.24. The monoisotopic (exact) mass is 316 g/mol. The summed E-state index contributed by atoms with van der Waals surface area (Å²) in [5.41, 5.74) is -1.95. The van der Waals surface area contributed by atoms with E-state index in [2.05, 4.69) is 10.6 Å². The van der Waals surface area contributed by atoms with Crippen LogP contribution in [0.4, 0.5) is 18.9 Å². The van der Waals surface area contributed by atoms with Gasteiger partial charge >= 0.3 is 6.18 Å². The van der Waals surface area contributed by atoms with Crippen LogP contribution in [-0.4, -0.2) is 17.9 Å². The predicted molar refractivity (Wildman–Crippen MR) is 77.1 cm³/mol. The fourth-order valence-corrected chi connectivity index (χ4v) is 1.58. The van der Waals surface area contributed by atoms with Crippen LogP contribution in [0, 0.1) is 5.41 Å². The van der Waals surface area contributed by atoms with Gasteiger partial charge in [0.15, 0.2) is 0 Å². The second kappa shape index (κ2) is 6.37. The molecule has 0 fully saturated rings. The summed E-state index contributed by atoms with van der Waals surface area (Å²) < 4.78 is 37.4. The summed E-state index contributed by atoms with van der Waals surface area (Å²) in [5, 5.41) is 5.08. The van der Waals surface area contributed by atoms with Gasteiger partial charge in [0.05, 0.1) is 5.56 Å². The Labute approximate surface area is 127 Å². The van der Waals surface area contributed by atoms with Crippen molar-refractivity contribution in [2.75, 3.05) is 5.32 Å². The molecule has 0 saturated heterocycles. The molecular weight excluding hydrogens is 297 g/mol. The molecule has 1 aromatic carbocycles. The first-order chi connectivity index (χ1) is 9.94. The highest BCUT2D eigenvalue weighted by atomic mass is 19.4. The highest BCUT2D eigenvalue weighted by molar-refractivity contribution is 6.09. The van der Waals surface area contributed by atoms with Gasteiger partial charge in [-0.1, -0.05) is 0 Å². The zero-order chi connectivity index (χ0) is 17.1. The van der Waals surface area contributed by atoms with Gasteiger partial charge in [0.2, 0.25) is 11.8 Å². The average molecular weight is 316 g/mol. The van der Waals surface area contributed by atoms with Crippen LogP contribution in [0.15, 0.2) is 24.3 Å². The highest BCUT2D eigenvalue weighted by Gasteiger charge is 2.36. The third-order valence-electron chi connectivity index (χ3n) is 3.03. The number of hydrogen-bond acceptors (Lipinski definition) is 2. The SMILES string of the molecule is CC(C)NC(=O)C(C)(C)C(=O)Nc1ccc(C(F)(F)F)cc1. The number of rotatable bonds is 4. The summed E-state index contributed by atoms with van der Waals surface area (Å²) in [7, 11) is 0. The lowest BCUT2D eigenvalue weighted by molar-refractivity contribution is -0.139. The Morgan fingerprint density at radius 2 is 1.50 bits per heavy atom. The molecule has 4 nitrogen and oxygen atoms in total. The average Bonchev–Trinajstić information content (AvgIpc) is 2.37. The van der Waals surface area contributed by atoms with Crippen molar-refractivity contribution >= 4 is 17.5 Å². The first-order valence-corrected chi connectivity index (χ1v) is 6.74. The molecule has 0 aliphatic rings. The zero-order valence-corrected chi connectivity index (χ0v) is 12.8. The summed E-state index contributed by atoms with van der Waals surface area (Å²) in [6.45, 7) is 6.43. The Morgan fingerprint density at radius 3 is 1.91 bits per heavy atom. The van der Waals surface area contributed by atoms with Crippen LogP contribution < -0.4 is 10.6 Å². The van der Waals surface area contributed by atoms with Gasteiger partial charge in [0.25, 0.3) is 0 Å². The summed E-state index contributed by atoms with van der Waals surface area (Å²) >= 11 is 0. The van der Waals surface area contributed by atoms with Gasteiger partial charge in [0, 0.05) is 11.7 Å². The van der Waals surface area contributed by atoms with Crippen molar-refractivity contribution < 1.29 is 22.8 Å². The van der Waals surface area contributed by atoms with Crippen molar-refractivity contribution in [3.8, 4) is 0 Å². The van der Waals surface area contributed by atoms with E-state index in [1.807, 2.05) is 0 Å². The topological polar surface area (TPSA) is 58.2 Å². The minimum absolute atomic E-state index is 0.120. The molecule has 0 aliphatic carbocycles. The molecule has 2 N–H and O–H groups in total. The van der Waals surface area contributed by atoms with Gasteiger partial charge < -0.3 is 10.6 Å². The number of amides is 2. The van der Waals surface area contributed by atoms with E-state index in [0.717, 1.165) is 24.3 Å². The molecule has 122 valence electrons. The van der Waals surface area contributed by atoms with Crippen molar-refractivity contribution in [1.29, 1.82) is 0 Å². The minimum atomic E-state index is -4.43. The smallest absolute Gasteiger partial charge is 0.353 e. The predicted octanol–water partition coefficient (Wildman–Crippen LogP) is 3.19. The molecule has 0 saturated carbocycles. The summed E-state index contributed by atoms with van der Waals surface area (Å²) in [6, 6.07) is 3.92. The van der Waals surface area contributed by atoms with Crippen molar-refractivity contribution in [1.82, 2.24) is 5.32 Å². The van der Waals surface area contributed by atoms with Crippen LogP contribution in [0.3, 0.4) is 0 Å². The zero-order valence-electron chi connectivity index (χ0n) is 12.8. The fraction of sp³-hybridized carbons (Fsp3) is 0.467. The molecule has 22 heavy (non-hydrogen) atoms. The fourth-order valence-electron chi connectivity index (χ4n) is 1.58. The molecule has 0 aliphatic heterocycles. The van der Waals surface area contributed by atoms with Crippen LogP contribution in [0.5, 0.6) is 0 Å². The van der Waals surface area contributed by atoms with Gasteiger partial charge in [-0.25, -0.2) is 0 Å². The second-order valence-corrected chi connectivity index (χ2v) is 5.78. The van der Waals surface area contributed by atoms with E-state index in [4.69, 9.17) is 0 Å². The maximum Gasteiger partial charge on any atom is 0.416 e. The number of anilines is 1. The minimum Gasteiger partial charge on any atom is -0.353 e. The Balaban J connectivity index is 2.82. The molecule has 0 radical (unpaired) electrons. The van der Waals surface area contributed by atoms with Gasteiger partial charge in [-0.3, -0.25) is 9.59 Å². The third kappa shape index (κ3) is 4.47. The summed E-state index contributed by atoms with van der Waals surface area (Å²) in [5.74, 6) is -1.04. The maximum absolute atomic E-state index is 12.5.